The zero-order valence-corrected chi connectivity index (χ0v) is 16.9. The van der Waals surface area contributed by atoms with Gasteiger partial charge in [0.05, 0.1) is 16.9 Å². The van der Waals surface area contributed by atoms with Gasteiger partial charge in [0.25, 0.3) is 0 Å². The molecule has 8 heteroatoms. The van der Waals surface area contributed by atoms with E-state index in [2.05, 4.69) is 10.1 Å². The van der Waals surface area contributed by atoms with Crippen LogP contribution in [0.4, 0.5) is 0 Å². The molecular weight excluding hydrogens is 405 g/mol. The summed E-state index contributed by atoms with van der Waals surface area (Å²) >= 11 is 13.8. The number of aromatic nitrogens is 1. The van der Waals surface area contributed by atoms with Gasteiger partial charge < -0.3 is 10.2 Å². The maximum atomic E-state index is 9.98. The van der Waals surface area contributed by atoms with E-state index in [-0.39, 0.29) is 17.5 Å². The molecule has 5 nitrogen and oxygen atoms in total. The van der Waals surface area contributed by atoms with E-state index in [9.17, 15) is 10.2 Å². The SMILES string of the molecule is CC(C)N=c1scc(-c2ccc(Cl)cc2Cl)n1N=Cc1ccc(O)cc1O. The zero-order valence-electron chi connectivity index (χ0n) is 14.6. The number of thiazole rings is 1. The van der Waals surface area contributed by atoms with E-state index in [1.807, 2.05) is 25.3 Å². The summed E-state index contributed by atoms with van der Waals surface area (Å²) in [7, 11) is 0. The quantitative estimate of drug-likeness (QED) is 0.573. The minimum atomic E-state index is -0.0667. The molecule has 0 fully saturated rings. The van der Waals surface area contributed by atoms with Crippen molar-refractivity contribution in [2.45, 2.75) is 19.9 Å². The Morgan fingerprint density at radius 1 is 1.11 bits per heavy atom. The molecule has 27 heavy (non-hydrogen) atoms. The first-order valence-electron chi connectivity index (χ1n) is 8.11. The van der Waals surface area contributed by atoms with Crippen molar-refractivity contribution in [1.82, 2.24) is 4.68 Å². The lowest BCUT2D eigenvalue weighted by Gasteiger charge is -2.07. The molecule has 0 radical (unpaired) electrons. The first-order chi connectivity index (χ1) is 12.8. The largest absolute Gasteiger partial charge is 0.508 e. The molecule has 1 aromatic heterocycles. The van der Waals surface area contributed by atoms with E-state index >= 15 is 0 Å². The van der Waals surface area contributed by atoms with Crippen molar-refractivity contribution in [2.24, 2.45) is 10.1 Å². The molecule has 0 saturated heterocycles. The topological polar surface area (TPSA) is 70.1 Å². The summed E-state index contributed by atoms with van der Waals surface area (Å²) in [5, 5.41) is 26.9. The highest BCUT2D eigenvalue weighted by Gasteiger charge is 2.12. The van der Waals surface area contributed by atoms with Crippen LogP contribution in [-0.4, -0.2) is 27.1 Å². The molecule has 0 amide bonds. The van der Waals surface area contributed by atoms with Crippen LogP contribution in [0, 0.1) is 0 Å². The van der Waals surface area contributed by atoms with Gasteiger partial charge in [-0.05, 0) is 44.2 Å². The predicted octanol–water partition coefficient (Wildman–Crippen LogP) is 5.13. The molecule has 0 unspecified atom stereocenters. The maximum absolute atomic E-state index is 9.98. The molecule has 2 N–H and O–H groups in total. The van der Waals surface area contributed by atoms with Gasteiger partial charge in [-0.25, -0.2) is 4.68 Å². The molecule has 0 saturated carbocycles. The second-order valence-corrected chi connectivity index (χ2v) is 7.73. The summed E-state index contributed by atoms with van der Waals surface area (Å²) < 4.78 is 1.67. The van der Waals surface area contributed by atoms with Crippen LogP contribution in [-0.2, 0) is 0 Å². The van der Waals surface area contributed by atoms with Gasteiger partial charge in [0.15, 0.2) is 0 Å². The van der Waals surface area contributed by atoms with E-state index in [4.69, 9.17) is 23.2 Å². The summed E-state index contributed by atoms with van der Waals surface area (Å²) in [6.45, 7) is 3.96. The van der Waals surface area contributed by atoms with Crippen molar-refractivity contribution in [3.8, 4) is 22.8 Å². The highest BCUT2D eigenvalue weighted by Crippen LogP contribution is 2.31. The van der Waals surface area contributed by atoms with Gasteiger partial charge in [0.2, 0.25) is 4.80 Å². The summed E-state index contributed by atoms with van der Waals surface area (Å²) in [4.78, 5) is 5.29. The lowest BCUT2D eigenvalue weighted by Crippen LogP contribution is -2.14. The average Bonchev–Trinajstić information content (AvgIpc) is 2.96. The van der Waals surface area contributed by atoms with Gasteiger partial charge in [-0.1, -0.05) is 23.2 Å². The summed E-state index contributed by atoms with van der Waals surface area (Å²) in [5.74, 6) is -0.0834. The molecule has 0 aliphatic carbocycles. The number of phenolic OH excluding ortho intramolecular Hbond substituents is 2. The van der Waals surface area contributed by atoms with Crippen LogP contribution in [0.1, 0.15) is 19.4 Å². The molecule has 0 bridgehead atoms. The van der Waals surface area contributed by atoms with Crippen molar-refractivity contribution in [3.05, 3.63) is 62.2 Å². The summed E-state index contributed by atoms with van der Waals surface area (Å²) in [5.41, 5.74) is 2.00. The monoisotopic (exact) mass is 421 g/mol. The zero-order chi connectivity index (χ0) is 19.6. The van der Waals surface area contributed by atoms with E-state index in [1.54, 1.807) is 22.9 Å². The van der Waals surface area contributed by atoms with Crippen LogP contribution in [0.3, 0.4) is 0 Å². The van der Waals surface area contributed by atoms with E-state index < -0.39 is 0 Å². The Morgan fingerprint density at radius 3 is 2.56 bits per heavy atom. The Labute approximate surface area is 170 Å². The molecule has 0 aliphatic rings. The summed E-state index contributed by atoms with van der Waals surface area (Å²) in [6.07, 6.45) is 1.51. The lowest BCUT2D eigenvalue weighted by molar-refractivity contribution is 0.450. The lowest BCUT2D eigenvalue weighted by atomic mass is 10.2. The van der Waals surface area contributed by atoms with Crippen LogP contribution in [0.15, 0.2) is 51.9 Å². The highest BCUT2D eigenvalue weighted by atomic mass is 35.5. The van der Waals surface area contributed by atoms with E-state index in [0.29, 0.717) is 20.4 Å². The van der Waals surface area contributed by atoms with Crippen LogP contribution in [0.2, 0.25) is 10.0 Å². The number of nitrogens with zero attached hydrogens (tertiary/aromatic N) is 3. The Bertz CT molecular complexity index is 1070. The normalized spacial score (nSPS) is 12.4. The molecule has 140 valence electrons. The van der Waals surface area contributed by atoms with Crippen molar-refractivity contribution in [2.75, 3.05) is 0 Å². The van der Waals surface area contributed by atoms with E-state index in [1.165, 1.54) is 29.7 Å². The minimum absolute atomic E-state index is 0.0167. The van der Waals surface area contributed by atoms with Gasteiger partial charge in [-0.15, -0.1) is 11.3 Å². The Balaban J connectivity index is 2.14. The fraction of sp³-hybridized carbons (Fsp3) is 0.158. The maximum Gasteiger partial charge on any atom is 0.206 e. The Morgan fingerprint density at radius 2 is 1.89 bits per heavy atom. The van der Waals surface area contributed by atoms with E-state index in [0.717, 1.165) is 11.3 Å². The number of halogens is 2. The molecule has 3 rings (SSSR count). The third-order valence-corrected chi connectivity index (χ3v) is 4.97. The molecule has 0 spiro atoms. The van der Waals surface area contributed by atoms with Crippen molar-refractivity contribution >= 4 is 40.8 Å². The molecule has 3 aromatic rings. The average molecular weight is 422 g/mol. The Kier molecular flexibility index (Phi) is 5.89. The van der Waals surface area contributed by atoms with Crippen LogP contribution < -0.4 is 4.80 Å². The number of aromatic hydroxyl groups is 2. The summed E-state index contributed by atoms with van der Waals surface area (Å²) in [6, 6.07) is 9.67. The second kappa shape index (κ2) is 8.17. The number of phenols is 2. The second-order valence-electron chi connectivity index (χ2n) is 6.05. The van der Waals surface area contributed by atoms with Crippen LogP contribution >= 0.6 is 34.5 Å². The number of rotatable bonds is 4. The predicted molar refractivity (Wildman–Crippen MR) is 111 cm³/mol. The smallest absolute Gasteiger partial charge is 0.206 e. The van der Waals surface area contributed by atoms with Gasteiger partial charge in [-0.3, -0.25) is 4.99 Å². The minimum Gasteiger partial charge on any atom is -0.508 e. The van der Waals surface area contributed by atoms with Crippen LogP contribution in [0.25, 0.3) is 11.3 Å². The third kappa shape index (κ3) is 4.53. The van der Waals surface area contributed by atoms with Crippen LogP contribution in [0.5, 0.6) is 11.5 Å². The molecule has 2 aromatic carbocycles. The van der Waals surface area contributed by atoms with Crippen molar-refractivity contribution in [1.29, 1.82) is 0 Å². The Hall–Kier alpha value is -2.28. The molecular formula is C19H17Cl2N3O2S. The number of hydrogen-bond donors (Lipinski definition) is 2. The molecule has 1 heterocycles. The standard InChI is InChI=1S/C19H17Cl2N3O2S/c1-11(2)23-19-24(22-9-12-3-5-14(25)8-18(12)26)17(10-27-19)15-6-4-13(20)7-16(15)21/h3-11,25-26H,1-2H3. The van der Waals surface area contributed by atoms with Gasteiger partial charge >= 0.3 is 0 Å². The highest BCUT2D eigenvalue weighted by molar-refractivity contribution is 7.07. The fourth-order valence-electron chi connectivity index (χ4n) is 2.36. The van der Waals surface area contributed by atoms with Gasteiger partial charge in [0, 0.05) is 33.6 Å². The molecule has 0 atom stereocenters. The molecule has 0 aliphatic heterocycles. The third-order valence-electron chi connectivity index (χ3n) is 3.59. The van der Waals surface area contributed by atoms with Crippen molar-refractivity contribution in [3.63, 3.8) is 0 Å². The fourth-order valence-corrected chi connectivity index (χ4v) is 3.83. The van der Waals surface area contributed by atoms with Crippen molar-refractivity contribution < 1.29 is 10.2 Å². The number of benzene rings is 2. The first kappa shape index (κ1) is 19.5. The van der Waals surface area contributed by atoms with Gasteiger partial charge in [0.1, 0.15) is 11.5 Å². The first-order valence-corrected chi connectivity index (χ1v) is 9.75. The number of hydrogen-bond acceptors (Lipinski definition) is 5. The van der Waals surface area contributed by atoms with Gasteiger partial charge in [-0.2, -0.15) is 5.10 Å².